The Morgan fingerprint density at radius 3 is 2.40 bits per heavy atom. The van der Waals surface area contributed by atoms with Crippen LogP contribution in [0.15, 0.2) is 17.1 Å². The van der Waals surface area contributed by atoms with Crippen LogP contribution in [-0.4, -0.2) is 26.6 Å². The number of carboxylic acid groups (broad SMARTS) is 2. The highest BCUT2D eigenvalue weighted by atomic mass is 19.1. The third kappa shape index (κ3) is 2.11. The molecule has 7 heteroatoms. The molecule has 0 unspecified atom stereocenters. The molecule has 0 aliphatic heterocycles. The monoisotopic (exact) mass is 345 g/mol. The molecule has 0 bridgehead atoms. The summed E-state index contributed by atoms with van der Waals surface area (Å²) in [6, 6.07) is 1.37. The number of nitrogens with zero attached hydrogens (tertiary/aromatic N) is 1. The first-order valence-corrected chi connectivity index (χ1v) is 8.13. The lowest BCUT2D eigenvalue weighted by atomic mass is 9.90. The Labute approximate surface area is 141 Å². The van der Waals surface area contributed by atoms with Crippen molar-refractivity contribution in [3.63, 3.8) is 0 Å². The zero-order valence-electron chi connectivity index (χ0n) is 13.5. The predicted octanol–water partition coefficient (Wildman–Crippen LogP) is 2.44. The molecule has 2 aliphatic rings. The number of hydrogen-bond acceptors (Lipinski definition) is 3. The Bertz CT molecular complexity index is 1010. The molecule has 0 aromatic carbocycles. The maximum atomic E-state index is 14.8. The van der Waals surface area contributed by atoms with Gasteiger partial charge in [-0.15, -0.1) is 0 Å². The van der Waals surface area contributed by atoms with E-state index >= 15 is 0 Å². The van der Waals surface area contributed by atoms with E-state index in [2.05, 4.69) is 0 Å². The molecule has 25 heavy (non-hydrogen) atoms. The van der Waals surface area contributed by atoms with Gasteiger partial charge in [0.05, 0.1) is 10.9 Å². The highest BCUT2D eigenvalue weighted by molar-refractivity contribution is 5.90. The van der Waals surface area contributed by atoms with Crippen LogP contribution in [0.1, 0.15) is 58.6 Å². The molecule has 0 radical (unpaired) electrons. The van der Waals surface area contributed by atoms with E-state index in [9.17, 15) is 29.0 Å². The third-order valence-corrected chi connectivity index (χ3v) is 5.36. The lowest BCUT2D eigenvalue weighted by Crippen LogP contribution is -2.27. The Kier molecular flexibility index (Phi) is 3.10. The fourth-order valence-corrected chi connectivity index (χ4v) is 3.79. The first-order chi connectivity index (χ1) is 11.8. The molecule has 2 saturated carbocycles. The van der Waals surface area contributed by atoms with Crippen molar-refractivity contribution in [1.82, 2.24) is 4.40 Å². The van der Waals surface area contributed by atoms with Gasteiger partial charge in [-0.05, 0) is 55.7 Å². The van der Waals surface area contributed by atoms with Gasteiger partial charge in [0.1, 0.15) is 11.4 Å². The van der Waals surface area contributed by atoms with Crippen molar-refractivity contribution < 1.29 is 24.2 Å². The number of rotatable bonds is 4. The predicted molar refractivity (Wildman–Crippen MR) is 85.8 cm³/mol. The van der Waals surface area contributed by atoms with Gasteiger partial charge < -0.3 is 10.2 Å². The van der Waals surface area contributed by atoms with Crippen LogP contribution in [0.2, 0.25) is 0 Å². The van der Waals surface area contributed by atoms with Crippen LogP contribution in [0.3, 0.4) is 0 Å². The van der Waals surface area contributed by atoms with E-state index < -0.39 is 34.3 Å². The molecule has 0 amide bonds. The van der Waals surface area contributed by atoms with Gasteiger partial charge in [-0.25, -0.2) is 9.18 Å². The van der Waals surface area contributed by atoms with Crippen molar-refractivity contribution >= 4 is 17.5 Å². The van der Waals surface area contributed by atoms with E-state index in [1.807, 2.05) is 0 Å². The molecule has 2 fully saturated rings. The van der Waals surface area contributed by atoms with Crippen LogP contribution in [-0.2, 0) is 10.2 Å². The van der Waals surface area contributed by atoms with Crippen molar-refractivity contribution in [2.75, 3.05) is 0 Å². The number of aryl methyl sites for hydroxylation is 1. The average molecular weight is 345 g/mol. The molecule has 0 saturated heterocycles. The van der Waals surface area contributed by atoms with E-state index in [4.69, 9.17) is 0 Å². The SMILES string of the molecule is Cc1c(C2(C(=O)O)CC2)c(F)cn2c(=O)c(C(=O)O)cc(C3CC3)c12. The summed E-state index contributed by atoms with van der Waals surface area (Å²) in [7, 11) is 0. The first kappa shape index (κ1) is 15.8. The van der Waals surface area contributed by atoms with Crippen LogP contribution in [0.5, 0.6) is 0 Å². The van der Waals surface area contributed by atoms with E-state index in [1.54, 1.807) is 6.92 Å². The highest BCUT2D eigenvalue weighted by Crippen LogP contribution is 2.52. The molecule has 0 spiro atoms. The Morgan fingerprint density at radius 1 is 1.28 bits per heavy atom. The summed E-state index contributed by atoms with van der Waals surface area (Å²) in [5.41, 5.74) is -0.789. The third-order valence-electron chi connectivity index (χ3n) is 5.36. The summed E-state index contributed by atoms with van der Waals surface area (Å²) >= 11 is 0. The van der Waals surface area contributed by atoms with Crippen LogP contribution < -0.4 is 5.56 Å². The Hall–Kier alpha value is -2.70. The normalized spacial score (nSPS) is 18.3. The molecule has 2 heterocycles. The number of halogens is 1. The lowest BCUT2D eigenvalue weighted by molar-refractivity contribution is -0.140. The summed E-state index contributed by atoms with van der Waals surface area (Å²) in [6.07, 6.45) is 3.38. The van der Waals surface area contributed by atoms with Crippen molar-refractivity contribution in [2.24, 2.45) is 0 Å². The molecular formula is C18H16FNO5. The summed E-state index contributed by atoms with van der Waals surface area (Å²) in [6.45, 7) is 1.61. The number of hydrogen-bond donors (Lipinski definition) is 2. The van der Waals surface area contributed by atoms with Gasteiger partial charge in [0.2, 0.25) is 0 Å². The van der Waals surface area contributed by atoms with Crippen LogP contribution in [0.25, 0.3) is 5.52 Å². The standard InChI is InChI=1S/C18H16FNO5/c1-8-13(18(4-5-18)17(24)25)12(19)7-20-14(8)10(9-2-3-9)6-11(15(20)21)16(22)23/h6-7,9H,2-5H2,1H3,(H,22,23)(H,24,25). The quantitative estimate of drug-likeness (QED) is 0.887. The van der Waals surface area contributed by atoms with Crippen molar-refractivity contribution in [3.05, 3.63) is 50.7 Å². The first-order valence-electron chi connectivity index (χ1n) is 8.13. The maximum Gasteiger partial charge on any atom is 0.341 e. The molecule has 2 aliphatic carbocycles. The molecule has 130 valence electrons. The second-order valence-electron chi connectivity index (χ2n) is 6.98. The van der Waals surface area contributed by atoms with Gasteiger partial charge in [-0.2, -0.15) is 0 Å². The highest BCUT2D eigenvalue weighted by Gasteiger charge is 2.54. The van der Waals surface area contributed by atoms with E-state index in [0.29, 0.717) is 29.5 Å². The summed E-state index contributed by atoms with van der Waals surface area (Å²) in [5.74, 6) is -3.09. The van der Waals surface area contributed by atoms with E-state index in [-0.39, 0.29) is 11.5 Å². The number of aromatic carboxylic acids is 1. The Morgan fingerprint density at radius 2 is 1.92 bits per heavy atom. The number of fused-ring (bicyclic) bond motifs is 1. The number of pyridine rings is 2. The smallest absolute Gasteiger partial charge is 0.341 e. The zero-order valence-corrected chi connectivity index (χ0v) is 13.5. The average Bonchev–Trinajstić information content (AvgIpc) is 3.41. The van der Waals surface area contributed by atoms with E-state index in [0.717, 1.165) is 23.4 Å². The second kappa shape index (κ2) is 4.91. The van der Waals surface area contributed by atoms with Gasteiger partial charge in [-0.1, -0.05) is 0 Å². The summed E-state index contributed by atoms with van der Waals surface area (Å²) in [5, 5.41) is 18.8. The molecule has 0 atom stereocenters. The van der Waals surface area contributed by atoms with Crippen LogP contribution in [0, 0.1) is 12.7 Å². The van der Waals surface area contributed by atoms with Crippen LogP contribution in [0.4, 0.5) is 4.39 Å². The molecular weight excluding hydrogens is 329 g/mol. The summed E-state index contributed by atoms with van der Waals surface area (Å²) in [4.78, 5) is 35.5. The minimum atomic E-state index is -1.35. The topological polar surface area (TPSA) is 96.1 Å². The molecule has 2 aromatic heterocycles. The fraction of sp³-hybridized carbons (Fsp3) is 0.389. The number of aromatic nitrogens is 1. The Balaban J connectivity index is 2.13. The largest absolute Gasteiger partial charge is 0.481 e. The molecule has 2 aromatic rings. The van der Waals surface area contributed by atoms with Crippen LogP contribution >= 0.6 is 0 Å². The van der Waals surface area contributed by atoms with Gasteiger partial charge in [0.25, 0.3) is 5.56 Å². The summed E-state index contributed by atoms with van der Waals surface area (Å²) < 4.78 is 15.8. The lowest BCUT2D eigenvalue weighted by Gasteiger charge is -2.19. The minimum absolute atomic E-state index is 0.115. The molecule has 6 nitrogen and oxygen atoms in total. The van der Waals surface area contributed by atoms with Crippen molar-refractivity contribution in [2.45, 2.75) is 43.9 Å². The second-order valence-corrected chi connectivity index (χ2v) is 6.98. The molecule has 2 N–H and O–H groups in total. The fourth-order valence-electron chi connectivity index (χ4n) is 3.79. The number of carboxylic acids is 2. The van der Waals surface area contributed by atoms with Gasteiger partial charge >= 0.3 is 11.9 Å². The molecule has 4 rings (SSSR count). The number of aliphatic carboxylic acids is 1. The van der Waals surface area contributed by atoms with Crippen molar-refractivity contribution in [3.8, 4) is 0 Å². The minimum Gasteiger partial charge on any atom is -0.481 e. The van der Waals surface area contributed by atoms with E-state index in [1.165, 1.54) is 6.07 Å². The van der Waals surface area contributed by atoms with Gasteiger partial charge in [0.15, 0.2) is 0 Å². The van der Waals surface area contributed by atoms with Gasteiger partial charge in [0, 0.05) is 11.8 Å². The van der Waals surface area contributed by atoms with Crippen molar-refractivity contribution in [1.29, 1.82) is 0 Å². The zero-order chi connectivity index (χ0) is 18.1. The number of carbonyl (C=O) groups is 2. The maximum absolute atomic E-state index is 14.8. The van der Waals surface area contributed by atoms with Gasteiger partial charge in [-0.3, -0.25) is 14.0 Å².